The number of nitrogens with zero attached hydrogens (tertiary/aromatic N) is 8. The molecule has 5 aromatic rings. The molecule has 0 bridgehead atoms. The standard InChI is InChI=1S/C30H42FN4O10PS.C24H32FN4O10PS.C20H30FN3O6S/c1-18-21(17-43-46(40,41)33-19(2)25(36)42-16-20-12-10-9-11-13-20)47-24(23(18)31)34-15-14-22(32-26(34)37)35(27(38)44-29(3,4)5)28(39)45-30(6,7)8;1-14(2)39-24(33)36-13-38-40(34,28-15(3)22(31)35-11-16-7-5-4-6-8-16)37-12-17-20(30)19(25)21(41-17)29-10-9-18(26)27-23(29)32;1-11-12(10-25)31-15(14(11)21)23-9-8-13(22-16(23)26)24(17(27)29-19(2,3)4)18(28)30-20(5,6)7/h9-15,18-19,21,23-24H,16-17H2,1-8H3,(H2,33,40,41);4-10,14-15,17,19-21,30H,11-13H2,1-3H3,(H,28,34)(H2,26,27,32);8-9,11-12,14-15,25H,10H2,1-7H3/t18-,19+,21-,23+,24-;15-,17+,19-,20+,21+,40?;11-,12-,14+,15-/m101/s1. The van der Waals surface area contributed by atoms with Crippen LogP contribution in [0, 0.1) is 11.8 Å². The van der Waals surface area contributed by atoms with Crippen LogP contribution >= 0.6 is 50.8 Å². The Kier molecular flexibility index (Phi) is 35.8. The van der Waals surface area contributed by atoms with Gasteiger partial charge in [0.25, 0.3) is 0 Å². The van der Waals surface area contributed by atoms with Crippen molar-refractivity contribution >= 4 is 111 Å². The van der Waals surface area contributed by atoms with Crippen molar-refractivity contribution in [3.8, 4) is 0 Å². The van der Waals surface area contributed by atoms with Crippen molar-refractivity contribution in [3.63, 3.8) is 0 Å². The SMILES string of the molecule is CC(C)OC(=O)OCOP(=O)(N[C@@H](C)C(=O)OCc1ccccc1)OC[C@H]1S[C@@H](n2ccc(N)nc2=O)[C@@H](F)[C@@H]1O.C[C@H]1[C@H](F)[C@H](n2ccc(N(C(=O)OC(C)(C)C)C(=O)OC(C)(C)C)nc2=O)S[C@@H]1CO.C[C@H]1[C@H](F)[C@H](n2ccc(N(C(=O)OC(C)(C)C)C(=O)OC(C)(C)C)nc2=O)S[C@@H]1COP(=O)(O)N[C@@H](C)C(=O)OCc1ccccc1. The molecule has 45 heteroatoms. The van der Waals surface area contributed by atoms with E-state index in [-0.39, 0.29) is 49.1 Å². The number of nitrogens with two attached hydrogens (primary N) is 1. The number of benzene rings is 2. The predicted molar refractivity (Wildman–Crippen MR) is 433 cm³/mol. The van der Waals surface area contributed by atoms with Gasteiger partial charge in [0.05, 0.1) is 31.2 Å². The van der Waals surface area contributed by atoms with E-state index in [1.165, 1.54) is 50.6 Å². The van der Waals surface area contributed by atoms with Crippen molar-refractivity contribution in [1.82, 2.24) is 38.8 Å². The van der Waals surface area contributed by atoms with Crippen LogP contribution in [0.5, 0.6) is 0 Å². The minimum Gasteiger partial charge on any atom is -0.460 e. The largest absolute Gasteiger partial charge is 0.510 e. The third-order valence-corrected chi connectivity index (χ3v) is 24.1. The second-order valence-electron chi connectivity index (χ2n) is 31.3. The van der Waals surface area contributed by atoms with E-state index in [2.05, 4.69) is 25.1 Å². The summed E-state index contributed by atoms with van der Waals surface area (Å²) in [4.78, 5) is 148. The summed E-state index contributed by atoms with van der Waals surface area (Å²) in [6, 6.07) is 19.1. The lowest BCUT2D eigenvalue weighted by Gasteiger charge is -2.28. The molecule has 2 unspecified atom stereocenters. The van der Waals surface area contributed by atoms with Gasteiger partial charge >= 0.3 is 75.0 Å². The van der Waals surface area contributed by atoms with Gasteiger partial charge < -0.3 is 58.7 Å². The maximum atomic E-state index is 15.5. The second kappa shape index (κ2) is 42.9. The number of carbonyl (C=O) groups is 7. The molecule has 3 fully saturated rings. The summed E-state index contributed by atoms with van der Waals surface area (Å²) in [7, 11) is -8.98. The topological polar surface area (TPSA) is 477 Å². The van der Waals surface area contributed by atoms with Crippen LogP contribution < -0.4 is 42.8 Å². The van der Waals surface area contributed by atoms with Crippen molar-refractivity contribution < 1.29 is 122 Å². The summed E-state index contributed by atoms with van der Waals surface area (Å²) in [5.74, 6) is -3.48. The molecule has 3 saturated heterocycles. The molecule has 3 aliphatic rings. The Bertz CT molecular complexity index is 4520. The number of rotatable bonds is 26. The van der Waals surface area contributed by atoms with Gasteiger partial charge in [-0.15, -0.1) is 35.3 Å². The van der Waals surface area contributed by atoms with Crippen LogP contribution in [-0.2, 0) is 83.4 Å². The number of hydrogen-bond acceptors (Lipinski definition) is 32. The summed E-state index contributed by atoms with van der Waals surface area (Å²) in [6.45, 7) is 26.3. The Morgan fingerprint density at radius 2 is 0.899 bits per heavy atom. The average molecular weight is 1780 g/mol. The Labute approximate surface area is 697 Å². The van der Waals surface area contributed by atoms with E-state index < -0.39 is 192 Å². The minimum atomic E-state index is -4.53. The Balaban J connectivity index is 0.000000283. The quantitative estimate of drug-likeness (QED) is 0.0130. The number of nitrogen functional groups attached to an aromatic ring is 1. The second-order valence-corrected chi connectivity index (χ2v) is 38.7. The number of aliphatic hydroxyl groups is 2. The normalized spacial score (nSPS) is 22.6. The Morgan fingerprint density at radius 3 is 1.29 bits per heavy atom. The lowest BCUT2D eigenvalue weighted by Crippen LogP contribution is -2.45. The monoisotopic (exact) mass is 1780 g/mol. The van der Waals surface area contributed by atoms with Crippen molar-refractivity contribution in [1.29, 1.82) is 0 Å². The van der Waals surface area contributed by atoms with Gasteiger partial charge in [0, 0.05) is 40.9 Å². The van der Waals surface area contributed by atoms with E-state index >= 15 is 4.39 Å². The van der Waals surface area contributed by atoms with E-state index in [4.69, 9.17) is 57.2 Å². The summed E-state index contributed by atoms with van der Waals surface area (Å²) in [6.07, 6.45) is -8.78. The zero-order valence-corrected chi connectivity index (χ0v) is 73.0. The molecule has 0 aliphatic carbocycles. The molecule has 37 nitrogen and oxygen atoms in total. The molecular formula is C74H104F3N11O26P2S3. The summed E-state index contributed by atoms with van der Waals surface area (Å²) >= 11 is 2.96. The van der Waals surface area contributed by atoms with Gasteiger partial charge in [-0.05, 0) is 140 Å². The van der Waals surface area contributed by atoms with Crippen LogP contribution in [0.1, 0.15) is 152 Å². The number of esters is 2. The van der Waals surface area contributed by atoms with Gasteiger partial charge in [-0.1, -0.05) is 74.5 Å². The summed E-state index contributed by atoms with van der Waals surface area (Å²) in [5.41, 5.74) is 0.517. The summed E-state index contributed by atoms with van der Waals surface area (Å²) in [5, 5.41) is 19.3. The third-order valence-electron chi connectivity index (χ3n) is 16.3. The summed E-state index contributed by atoms with van der Waals surface area (Å²) < 4.78 is 131. The predicted octanol–water partition coefficient (Wildman–Crippen LogP) is 11.4. The van der Waals surface area contributed by atoms with Crippen LogP contribution in [0.4, 0.5) is 54.6 Å². The number of anilines is 3. The highest BCUT2D eigenvalue weighted by molar-refractivity contribution is 8.00. The van der Waals surface area contributed by atoms with Crippen molar-refractivity contribution in [2.24, 2.45) is 11.8 Å². The molecule has 6 heterocycles. The number of carbonyl (C=O) groups excluding carboxylic acids is 7. The van der Waals surface area contributed by atoms with Crippen LogP contribution in [0.25, 0.3) is 0 Å². The maximum absolute atomic E-state index is 15.5. The molecule has 4 amide bonds. The average Bonchev–Trinajstić information content (AvgIpc) is 1.72. The van der Waals surface area contributed by atoms with Crippen molar-refractivity contribution in [3.05, 3.63) is 140 Å². The number of halogens is 3. The zero-order chi connectivity index (χ0) is 89.2. The Hall–Kier alpha value is -8.45. The first-order valence-electron chi connectivity index (χ1n) is 37.1. The fourth-order valence-corrected chi connectivity index (χ4v) is 17.7. The van der Waals surface area contributed by atoms with Crippen LogP contribution in [-0.4, -0.2) is 194 Å². The highest BCUT2D eigenvalue weighted by atomic mass is 32.2. The number of nitrogens with one attached hydrogen (secondary N) is 2. The van der Waals surface area contributed by atoms with Crippen molar-refractivity contribution in [2.45, 2.75) is 235 Å². The molecule has 3 aliphatic heterocycles. The Morgan fingerprint density at radius 1 is 0.529 bits per heavy atom. The first-order chi connectivity index (χ1) is 55.2. The van der Waals surface area contributed by atoms with Gasteiger partial charge in [0.2, 0.25) is 6.79 Å². The number of amides is 4. The van der Waals surface area contributed by atoms with Crippen LogP contribution in [0.15, 0.2) is 112 Å². The lowest BCUT2D eigenvalue weighted by atomic mass is 10.0. The van der Waals surface area contributed by atoms with Gasteiger partial charge in [0.15, 0.2) is 17.8 Å². The molecule has 660 valence electrons. The smallest absolute Gasteiger partial charge is 0.460 e. The van der Waals surface area contributed by atoms with Gasteiger partial charge in [-0.2, -0.15) is 24.8 Å². The molecule has 0 saturated carbocycles. The molecule has 0 spiro atoms. The number of aromatic nitrogens is 6. The van der Waals surface area contributed by atoms with E-state index in [0.29, 0.717) is 9.80 Å². The van der Waals surface area contributed by atoms with E-state index in [1.54, 1.807) is 165 Å². The number of thioether (sulfide) groups is 3. The number of aliphatic hydroxyl groups excluding tert-OH is 2. The molecule has 16 atom stereocenters. The van der Waals surface area contributed by atoms with Gasteiger partial charge in [-0.3, -0.25) is 36.9 Å². The highest BCUT2D eigenvalue weighted by Crippen LogP contribution is 2.51. The number of hydrogen-bond donors (Lipinski definition) is 6. The van der Waals surface area contributed by atoms with E-state index in [0.717, 1.165) is 60.1 Å². The van der Waals surface area contributed by atoms with E-state index in [1.807, 2.05) is 6.07 Å². The third kappa shape index (κ3) is 30.6. The molecule has 2 aromatic carbocycles. The van der Waals surface area contributed by atoms with Gasteiger partial charge in [0.1, 0.15) is 88.1 Å². The van der Waals surface area contributed by atoms with Gasteiger partial charge in [-0.25, -0.2) is 70.8 Å². The minimum absolute atomic E-state index is 0.0208. The molecule has 3 aromatic heterocycles. The fourth-order valence-electron chi connectivity index (χ4n) is 10.6. The first kappa shape index (κ1) is 99.4. The van der Waals surface area contributed by atoms with Crippen LogP contribution in [0.2, 0.25) is 0 Å². The maximum Gasteiger partial charge on any atom is 0.510 e. The molecule has 119 heavy (non-hydrogen) atoms. The molecule has 7 N–H and O–H groups in total. The zero-order valence-electron chi connectivity index (χ0n) is 68.8. The highest BCUT2D eigenvalue weighted by Gasteiger charge is 2.49. The van der Waals surface area contributed by atoms with Crippen LogP contribution in [0.3, 0.4) is 0 Å². The lowest BCUT2D eigenvalue weighted by molar-refractivity contribution is -0.147. The number of alkyl halides is 3. The first-order valence-corrected chi connectivity index (χ1v) is 43.0. The molecule has 0 radical (unpaired) electrons. The molecule has 8 rings (SSSR count). The van der Waals surface area contributed by atoms with Crippen molar-refractivity contribution in [2.75, 3.05) is 42.1 Å². The van der Waals surface area contributed by atoms with E-state index in [9.17, 15) is 81.0 Å². The number of ether oxygens (including phenoxy) is 8. The molecular weight excluding hydrogens is 1670 g/mol. The fraction of sp³-hybridized carbons (Fsp3) is 0.581. The number of imide groups is 2.